The Balaban J connectivity index is 0.00000300. The fourth-order valence-corrected chi connectivity index (χ4v) is 4.42. The number of carbonyl (C=O) groups is 1. The molecule has 1 heterocycles. The van der Waals surface area contributed by atoms with Crippen LogP contribution in [0, 0.1) is 0 Å². The van der Waals surface area contributed by atoms with Gasteiger partial charge in [0.1, 0.15) is 0 Å². The van der Waals surface area contributed by atoms with Crippen molar-refractivity contribution in [2.24, 2.45) is 4.99 Å². The van der Waals surface area contributed by atoms with Crippen LogP contribution in [0.4, 0.5) is 0 Å². The van der Waals surface area contributed by atoms with Crippen LogP contribution < -0.4 is 10.6 Å². The number of rotatable bonds is 7. The van der Waals surface area contributed by atoms with Crippen LogP contribution in [0.15, 0.2) is 47.5 Å². The Kier molecular flexibility index (Phi) is 10.1. The quantitative estimate of drug-likeness (QED) is 0.249. The summed E-state index contributed by atoms with van der Waals surface area (Å²) in [7, 11) is 1.79. The number of nitrogens with one attached hydrogen (secondary N) is 2. The first-order valence-corrected chi connectivity index (χ1v) is 11.2. The summed E-state index contributed by atoms with van der Waals surface area (Å²) in [6, 6.07) is 15.4. The van der Waals surface area contributed by atoms with E-state index in [9.17, 15) is 4.79 Å². The average Bonchev–Trinajstić information content (AvgIpc) is 3.20. The van der Waals surface area contributed by atoms with Crippen LogP contribution in [0.5, 0.6) is 0 Å². The van der Waals surface area contributed by atoms with Gasteiger partial charge in [-0.1, -0.05) is 49.4 Å². The maximum Gasteiger partial charge on any atom is 0.222 e. The van der Waals surface area contributed by atoms with E-state index in [1.807, 2.05) is 23.6 Å². The highest BCUT2D eigenvalue weighted by molar-refractivity contribution is 14.0. The Morgan fingerprint density at radius 2 is 2.03 bits per heavy atom. The van der Waals surface area contributed by atoms with Crippen molar-refractivity contribution in [2.45, 2.75) is 31.6 Å². The molecule has 0 saturated carbocycles. The summed E-state index contributed by atoms with van der Waals surface area (Å²) in [5.41, 5.74) is 1.39. The molecule has 1 aliphatic rings. The van der Waals surface area contributed by atoms with Gasteiger partial charge in [0.2, 0.25) is 5.91 Å². The van der Waals surface area contributed by atoms with Crippen LogP contribution in [-0.4, -0.2) is 55.2 Å². The van der Waals surface area contributed by atoms with Crippen LogP contribution in [0.25, 0.3) is 10.8 Å². The van der Waals surface area contributed by atoms with Gasteiger partial charge in [-0.15, -0.1) is 24.0 Å². The Morgan fingerprint density at radius 3 is 2.83 bits per heavy atom. The zero-order chi connectivity index (χ0) is 19.8. The van der Waals surface area contributed by atoms with Crippen molar-refractivity contribution in [3.05, 3.63) is 48.0 Å². The lowest BCUT2D eigenvalue weighted by Crippen LogP contribution is -2.45. The maximum absolute atomic E-state index is 11.8. The molecule has 1 fully saturated rings. The second-order valence-electron chi connectivity index (χ2n) is 7.01. The predicted octanol–water partition coefficient (Wildman–Crippen LogP) is 3.87. The lowest BCUT2D eigenvalue weighted by molar-refractivity contribution is -0.129. The van der Waals surface area contributed by atoms with E-state index in [4.69, 9.17) is 0 Å². The summed E-state index contributed by atoms with van der Waals surface area (Å²) in [5.74, 6) is 3.07. The minimum atomic E-state index is 0. The predicted molar refractivity (Wildman–Crippen MR) is 135 cm³/mol. The molecule has 1 aliphatic heterocycles. The molecule has 158 valence electrons. The number of halogens is 1. The van der Waals surface area contributed by atoms with Crippen LogP contribution in [-0.2, 0) is 10.5 Å². The van der Waals surface area contributed by atoms with Gasteiger partial charge in [-0.05, 0) is 22.8 Å². The molecule has 5 nitrogen and oxygen atoms in total. The third kappa shape index (κ3) is 6.77. The first-order valence-electron chi connectivity index (χ1n) is 10.0. The van der Waals surface area contributed by atoms with Crippen molar-refractivity contribution in [2.75, 3.05) is 32.4 Å². The monoisotopic (exact) mass is 526 g/mol. The molecule has 0 aromatic heterocycles. The highest BCUT2D eigenvalue weighted by Gasteiger charge is 2.25. The number of nitrogens with zero attached hydrogens (tertiary/aromatic N) is 2. The van der Waals surface area contributed by atoms with Crippen molar-refractivity contribution in [3.8, 4) is 0 Å². The van der Waals surface area contributed by atoms with E-state index in [1.165, 1.54) is 16.3 Å². The molecule has 1 saturated heterocycles. The SMILES string of the molecule is CCC(=O)N1CCC(NC(=NC)NCCSCc2cccc3ccccc23)C1.I. The van der Waals surface area contributed by atoms with Gasteiger partial charge in [-0.3, -0.25) is 9.79 Å². The molecular formula is C22H31IN4OS. The summed E-state index contributed by atoms with van der Waals surface area (Å²) >= 11 is 1.93. The lowest BCUT2D eigenvalue weighted by Gasteiger charge is -2.18. The number of hydrogen-bond acceptors (Lipinski definition) is 3. The van der Waals surface area contributed by atoms with Crippen LogP contribution in [0.2, 0.25) is 0 Å². The number of benzene rings is 2. The maximum atomic E-state index is 11.8. The summed E-state index contributed by atoms with van der Waals surface area (Å²) in [5, 5.41) is 9.48. The molecule has 29 heavy (non-hydrogen) atoms. The molecule has 1 unspecified atom stereocenters. The van der Waals surface area contributed by atoms with E-state index in [-0.39, 0.29) is 35.9 Å². The van der Waals surface area contributed by atoms with Gasteiger partial charge in [0.05, 0.1) is 0 Å². The van der Waals surface area contributed by atoms with Gasteiger partial charge in [0.25, 0.3) is 0 Å². The molecular weight excluding hydrogens is 495 g/mol. The molecule has 0 radical (unpaired) electrons. The normalized spacial score (nSPS) is 16.6. The third-order valence-corrected chi connectivity index (χ3v) is 6.09. The third-order valence-electron chi connectivity index (χ3n) is 5.08. The molecule has 7 heteroatoms. The molecule has 2 aromatic carbocycles. The standard InChI is InChI=1S/C22H30N4OS.HI/c1-3-21(27)26-13-11-19(15-26)25-22(23-2)24-12-14-28-16-18-9-6-8-17-7-4-5-10-20(17)18;/h4-10,19H,3,11-16H2,1-2H3,(H2,23,24,25);1H. The number of amides is 1. The molecule has 0 bridgehead atoms. The number of hydrogen-bond donors (Lipinski definition) is 2. The van der Waals surface area contributed by atoms with Crippen molar-refractivity contribution in [1.82, 2.24) is 15.5 Å². The average molecular weight is 526 g/mol. The first kappa shape index (κ1) is 23.8. The molecule has 0 aliphatic carbocycles. The minimum absolute atomic E-state index is 0. The summed E-state index contributed by atoms with van der Waals surface area (Å²) < 4.78 is 0. The minimum Gasteiger partial charge on any atom is -0.356 e. The number of thioether (sulfide) groups is 1. The second kappa shape index (κ2) is 12.3. The number of carbonyl (C=O) groups excluding carboxylic acids is 1. The van der Waals surface area contributed by atoms with E-state index in [0.29, 0.717) is 6.42 Å². The number of guanidine groups is 1. The fourth-order valence-electron chi connectivity index (χ4n) is 3.56. The van der Waals surface area contributed by atoms with Gasteiger partial charge in [0.15, 0.2) is 5.96 Å². The van der Waals surface area contributed by atoms with Crippen LogP contribution >= 0.6 is 35.7 Å². The smallest absolute Gasteiger partial charge is 0.222 e. The Morgan fingerprint density at radius 1 is 1.24 bits per heavy atom. The van der Waals surface area contributed by atoms with E-state index in [2.05, 4.69) is 58.1 Å². The van der Waals surface area contributed by atoms with Crippen molar-refractivity contribution in [1.29, 1.82) is 0 Å². The Hall–Kier alpha value is -1.48. The summed E-state index contributed by atoms with van der Waals surface area (Å²) in [6.07, 6.45) is 1.55. The first-order chi connectivity index (χ1) is 13.7. The molecule has 2 aromatic rings. The molecule has 0 spiro atoms. The fraction of sp³-hybridized carbons (Fsp3) is 0.455. The lowest BCUT2D eigenvalue weighted by atomic mass is 10.1. The molecule has 1 amide bonds. The topological polar surface area (TPSA) is 56.7 Å². The van der Waals surface area contributed by atoms with E-state index >= 15 is 0 Å². The number of fused-ring (bicyclic) bond motifs is 1. The highest BCUT2D eigenvalue weighted by atomic mass is 127. The van der Waals surface area contributed by atoms with E-state index in [1.54, 1.807) is 7.05 Å². The van der Waals surface area contributed by atoms with Crippen molar-refractivity contribution < 1.29 is 4.79 Å². The highest BCUT2D eigenvalue weighted by Crippen LogP contribution is 2.22. The van der Waals surface area contributed by atoms with Gasteiger partial charge in [-0.2, -0.15) is 11.8 Å². The van der Waals surface area contributed by atoms with E-state index in [0.717, 1.165) is 43.5 Å². The van der Waals surface area contributed by atoms with Gasteiger partial charge in [-0.25, -0.2) is 0 Å². The van der Waals surface area contributed by atoms with Crippen molar-refractivity contribution in [3.63, 3.8) is 0 Å². The second-order valence-corrected chi connectivity index (χ2v) is 8.12. The van der Waals surface area contributed by atoms with E-state index < -0.39 is 0 Å². The Labute approximate surface area is 195 Å². The zero-order valence-electron chi connectivity index (χ0n) is 17.2. The molecule has 1 atom stereocenters. The largest absolute Gasteiger partial charge is 0.356 e. The van der Waals surface area contributed by atoms with Gasteiger partial charge < -0.3 is 15.5 Å². The van der Waals surface area contributed by atoms with Gasteiger partial charge in [0, 0.05) is 50.7 Å². The van der Waals surface area contributed by atoms with Crippen LogP contribution in [0.3, 0.4) is 0 Å². The zero-order valence-corrected chi connectivity index (χ0v) is 20.3. The summed E-state index contributed by atoms with van der Waals surface area (Å²) in [6.45, 7) is 4.38. The Bertz CT molecular complexity index is 824. The van der Waals surface area contributed by atoms with Crippen LogP contribution in [0.1, 0.15) is 25.3 Å². The van der Waals surface area contributed by atoms with Gasteiger partial charge >= 0.3 is 0 Å². The van der Waals surface area contributed by atoms with Crippen molar-refractivity contribution >= 4 is 58.4 Å². The molecule has 3 rings (SSSR count). The number of aliphatic imine (C=N–C) groups is 1. The summed E-state index contributed by atoms with van der Waals surface area (Å²) in [4.78, 5) is 18.1. The number of likely N-dealkylation sites (tertiary alicyclic amines) is 1. The molecule has 2 N–H and O–H groups in total.